The number of fused-ring (bicyclic) bond motifs is 2. The lowest BCUT2D eigenvalue weighted by Crippen LogP contribution is -2.27. The molecule has 1 aliphatic rings. The highest BCUT2D eigenvalue weighted by atomic mass is 32.2. The number of carboxylic acids is 1. The van der Waals surface area contributed by atoms with Crippen LogP contribution in [0, 0.1) is 0 Å². The van der Waals surface area contributed by atoms with Crippen molar-refractivity contribution in [2.24, 2.45) is 0 Å². The lowest BCUT2D eigenvalue weighted by molar-refractivity contribution is -0.137. The average molecular weight is 405 g/mol. The van der Waals surface area contributed by atoms with E-state index in [2.05, 4.69) is 4.72 Å². The fraction of sp³-hybridized carbons (Fsp3) is 0.167. The van der Waals surface area contributed by atoms with E-state index in [9.17, 15) is 33.0 Å². The molecule has 3 rings (SSSR count). The molecule has 0 unspecified atom stereocenters. The van der Waals surface area contributed by atoms with E-state index in [1.807, 2.05) is 0 Å². The Bertz CT molecular complexity index is 1120. The van der Waals surface area contributed by atoms with E-state index in [0.29, 0.717) is 0 Å². The summed E-state index contributed by atoms with van der Waals surface area (Å²) in [6.45, 7) is -0.234. The van der Waals surface area contributed by atoms with E-state index in [0.717, 1.165) is 6.07 Å². The van der Waals surface area contributed by atoms with Crippen LogP contribution in [0.15, 0.2) is 35.2 Å². The third-order valence-electron chi connectivity index (χ3n) is 4.28. The Hall–Kier alpha value is -3.24. The van der Waals surface area contributed by atoms with Gasteiger partial charge in [0.2, 0.25) is 10.0 Å². The van der Waals surface area contributed by atoms with Crippen molar-refractivity contribution >= 4 is 27.6 Å². The van der Waals surface area contributed by atoms with Gasteiger partial charge in [-0.05, 0) is 12.5 Å². The summed E-state index contributed by atoms with van der Waals surface area (Å²) in [6.07, 6.45) is -0.273. The van der Waals surface area contributed by atoms with Gasteiger partial charge in [0.25, 0.3) is 0 Å². The zero-order valence-corrected chi connectivity index (χ0v) is 15.1. The molecule has 0 bridgehead atoms. The molecule has 2 aromatic carbocycles. The SMILES string of the molecule is O=C(O)CCCNS(=O)(=O)c1cc2c(c(O)c1O)C(=O)c1ccccc1C2=O. The number of benzene rings is 2. The summed E-state index contributed by atoms with van der Waals surface area (Å²) in [4.78, 5) is 35.0. The molecule has 4 N–H and O–H groups in total. The molecule has 0 saturated carbocycles. The van der Waals surface area contributed by atoms with E-state index in [4.69, 9.17) is 5.11 Å². The summed E-state index contributed by atoms with van der Waals surface area (Å²) in [5.74, 6) is -4.54. The summed E-state index contributed by atoms with van der Waals surface area (Å²) in [5, 5.41) is 29.0. The largest absolute Gasteiger partial charge is 0.504 e. The molecule has 0 heterocycles. The van der Waals surface area contributed by atoms with Crippen molar-refractivity contribution in [2.45, 2.75) is 17.7 Å². The molecule has 10 heteroatoms. The number of rotatable bonds is 6. The molecule has 2 aromatic rings. The molecule has 0 fully saturated rings. The molecule has 9 nitrogen and oxygen atoms in total. The second-order valence-corrected chi connectivity index (χ2v) is 7.83. The number of nitrogens with one attached hydrogen (secondary N) is 1. The molecule has 0 spiro atoms. The summed E-state index contributed by atoms with van der Waals surface area (Å²) in [7, 11) is -4.38. The summed E-state index contributed by atoms with van der Waals surface area (Å²) < 4.78 is 27.0. The number of carboxylic acid groups (broad SMARTS) is 1. The number of phenols is 2. The van der Waals surface area contributed by atoms with Crippen molar-refractivity contribution < 1.29 is 38.1 Å². The molecule has 0 aliphatic heterocycles. The Labute approximate surface area is 159 Å². The number of aromatic hydroxyl groups is 2. The van der Waals surface area contributed by atoms with Gasteiger partial charge in [-0.2, -0.15) is 0 Å². The van der Waals surface area contributed by atoms with E-state index >= 15 is 0 Å². The number of phenolic OH excluding ortho intramolecular Hbond substituents is 2. The second kappa shape index (κ2) is 7.06. The van der Waals surface area contributed by atoms with Gasteiger partial charge in [0, 0.05) is 29.7 Å². The van der Waals surface area contributed by atoms with Crippen LogP contribution in [-0.2, 0) is 14.8 Å². The van der Waals surface area contributed by atoms with Crippen LogP contribution in [0.4, 0.5) is 0 Å². The van der Waals surface area contributed by atoms with Crippen molar-refractivity contribution in [1.29, 1.82) is 0 Å². The number of hydrogen-bond donors (Lipinski definition) is 4. The Morgan fingerprint density at radius 1 is 0.964 bits per heavy atom. The first-order valence-corrected chi connectivity index (χ1v) is 9.62. The molecule has 0 saturated heterocycles. The number of aliphatic carboxylic acids is 1. The molecule has 146 valence electrons. The van der Waals surface area contributed by atoms with Gasteiger partial charge in [-0.1, -0.05) is 24.3 Å². The van der Waals surface area contributed by atoms with E-state index in [1.165, 1.54) is 24.3 Å². The van der Waals surface area contributed by atoms with Crippen LogP contribution in [0.25, 0.3) is 0 Å². The molecule has 0 amide bonds. The topological polar surface area (TPSA) is 158 Å². The number of carbonyl (C=O) groups is 3. The van der Waals surface area contributed by atoms with Gasteiger partial charge in [0.05, 0.1) is 5.56 Å². The highest BCUT2D eigenvalue weighted by Crippen LogP contribution is 2.42. The predicted molar refractivity (Wildman–Crippen MR) is 95.1 cm³/mol. The molecular formula is C18H15NO8S. The van der Waals surface area contributed by atoms with Gasteiger partial charge < -0.3 is 15.3 Å². The summed E-state index contributed by atoms with van der Waals surface area (Å²) in [6, 6.07) is 6.70. The molecular weight excluding hydrogens is 390 g/mol. The minimum Gasteiger partial charge on any atom is -0.504 e. The lowest BCUT2D eigenvalue weighted by atomic mass is 9.83. The van der Waals surface area contributed by atoms with Crippen LogP contribution in [0.3, 0.4) is 0 Å². The van der Waals surface area contributed by atoms with Gasteiger partial charge in [0.15, 0.2) is 23.1 Å². The molecule has 0 aromatic heterocycles. The maximum absolute atomic E-state index is 12.7. The Morgan fingerprint density at radius 3 is 2.18 bits per heavy atom. The molecule has 1 aliphatic carbocycles. The van der Waals surface area contributed by atoms with Gasteiger partial charge in [-0.25, -0.2) is 13.1 Å². The van der Waals surface area contributed by atoms with Crippen LogP contribution in [0.1, 0.15) is 44.7 Å². The van der Waals surface area contributed by atoms with Crippen LogP contribution < -0.4 is 4.72 Å². The minimum absolute atomic E-state index is 0.00294. The molecule has 28 heavy (non-hydrogen) atoms. The Kier molecular flexibility index (Phi) is 4.92. The first-order chi connectivity index (χ1) is 13.1. The van der Waals surface area contributed by atoms with E-state index in [-0.39, 0.29) is 36.1 Å². The average Bonchev–Trinajstić information content (AvgIpc) is 2.65. The first-order valence-electron chi connectivity index (χ1n) is 8.14. The van der Waals surface area contributed by atoms with Crippen LogP contribution in [0.2, 0.25) is 0 Å². The van der Waals surface area contributed by atoms with Crippen molar-refractivity contribution in [1.82, 2.24) is 4.72 Å². The molecule has 0 radical (unpaired) electrons. The summed E-state index contributed by atoms with van der Waals surface area (Å²) in [5.41, 5.74) is -0.712. The normalized spacial score (nSPS) is 13.1. The van der Waals surface area contributed by atoms with Crippen LogP contribution in [0.5, 0.6) is 11.5 Å². The third-order valence-corrected chi connectivity index (χ3v) is 5.75. The third kappa shape index (κ3) is 3.23. The second-order valence-electron chi connectivity index (χ2n) is 6.09. The van der Waals surface area contributed by atoms with E-state index < -0.39 is 49.5 Å². The fourth-order valence-corrected chi connectivity index (χ4v) is 4.12. The quantitative estimate of drug-likeness (QED) is 0.349. The monoisotopic (exact) mass is 405 g/mol. The smallest absolute Gasteiger partial charge is 0.303 e. The van der Waals surface area contributed by atoms with Crippen molar-refractivity contribution in [3.8, 4) is 11.5 Å². The highest BCUT2D eigenvalue weighted by molar-refractivity contribution is 7.89. The highest BCUT2D eigenvalue weighted by Gasteiger charge is 2.36. The lowest BCUT2D eigenvalue weighted by Gasteiger charge is -2.20. The maximum atomic E-state index is 12.7. The van der Waals surface area contributed by atoms with E-state index in [1.54, 1.807) is 0 Å². The minimum atomic E-state index is -4.38. The van der Waals surface area contributed by atoms with Gasteiger partial charge in [-0.15, -0.1) is 0 Å². The predicted octanol–water partition coefficient (Wildman–Crippen LogP) is 1.02. The Balaban J connectivity index is 2.05. The zero-order chi connectivity index (χ0) is 20.6. The van der Waals surface area contributed by atoms with Gasteiger partial charge >= 0.3 is 5.97 Å². The number of carbonyl (C=O) groups excluding carboxylic acids is 2. The summed E-state index contributed by atoms with van der Waals surface area (Å²) >= 11 is 0. The number of sulfonamides is 1. The van der Waals surface area contributed by atoms with Crippen molar-refractivity contribution in [3.63, 3.8) is 0 Å². The first kappa shape index (κ1) is 19.5. The number of hydrogen-bond acceptors (Lipinski definition) is 7. The van der Waals surface area contributed by atoms with Crippen LogP contribution in [-0.4, -0.2) is 47.8 Å². The van der Waals surface area contributed by atoms with Crippen molar-refractivity contribution in [2.75, 3.05) is 6.54 Å². The zero-order valence-electron chi connectivity index (χ0n) is 14.3. The fourth-order valence-electron chi connectivity index (χ4n) is 2.93. The van der Waals surface area contributed by atoms with Crippen LogP contribution >= 0.6 is 0 Å². The van der Waals surface area contributed by atoms with Crippen molar-refractivity contribution in [3.05, 3.63) is 52.6 Å². The number of ketones is 2. The Morgan fingerprint density at radius 2 is 1.57 bits per heavy atom. The van der Waals surface area contributed by atoms with Gasteiger partial charge in [0.1, 0.15) is 4.90 Å². The maximum Gasteiger partial charge on any atom is 0.303 e. The molecule has 0 atom stereocenters. The standard InChI is InChI=1S/C18H15NO8S/c20-13(21)6-3-7-19-28(26,27)12-8-11-14(18(25)17(12)24)16(23)10-5-2-1-4-9(10)15(11)22/h1-2,4-5,8,19,24-25H,3,6-7H2,(H,20,21). The van der Waals surface area contributed by atoms with Gasteiger partial charge in [-0.3, -0.25) is 14.4 Å².